The minimum atomic E-state index is -1.03. The Hall–Kier alpha value is -3.28. The lowest BCUT2D eigenvalue weighted by molar-refractivity contribution is -0.139. The molecule has 6 heteroatoms. The van der Waals surface area contributed by atoms with E-state index in [4.69, 9.17) is 0 Å². The molecule has 4 rings (SSSR count). The summed E-state index contributed by atoms with van der Waals surface area (Å²) in [5.74, 6) is -1.03. The Morgan fingerprint density at radius 1 is 1.11 bits per heavy atom. The summed E-state index contributed by atoms with van der Waals surface area (Å²) in [5.41, 5.74) is 4.21. The Kier molecular flexibility index (Phi) is 4.54. The maximum atomic E-state index is 12.7. The minimum Gasteiger partial charge on any atom is -0.480 e. The summed E-state index contributed by atoms with van der Waals surface area (Å²) in [5, 5.41) is 13.4. The van der Waals surface area contributed by atoms with Crippen LogP contribution in [-0.2, 0) is 24.2 Å². The van der Waals surface area contributed by atoms with Crippen molar-refractivity contribution >= 4 is 22.9 Å². The zero-order valence-corrected chi connectivity index (χ0v) is 14.8. The van der Waals surface area contributed by atoms with E-state index in [1.54, 1.807) is 4.90 Å². The van der Waals surface area contributed by atoms with E-state index in [1.807, 2.05) is 48.5 Å². The molecule has 3 aromatic rings. The Labute approximate surface area is 156 Å². The third kappa shape index (κ3) is 3.51. The fourth-order valence-corrected chi connectivity index (χ4v) is 3.66. The van der Waals surface area contributed by atoms with Crippen LogP contribution >= 0.6 is 0 Å². The first-order chi connectivity index (χ1) is 13.1. The van der Waals surface area contributed by atoms with Gasteiger partial charge in [-0.2, -0.15) is 0 Å². The van der Waals surface area contributed by atoms with Gasteiger partial charge in [-0.3, -0.25) is 0 Å². The van der Waals surface area contributed by atoms with Gasteiger partial charge in [-0.15, -0.1) is 0 Å². The van der Waals surface area contributed by atoms with E-state index in [0.717, 1.165) is 23.2 Å². The van der Waals surface area contributed by atoms with E-state index in [9.17, 15) is 14.7 Å². The van der Waals surface area contributed by atoms with Crippen LogP contribution in [0.3, 0.4) is 0 Å². The number of carboxylic acids is 1. The molecular formula is C21H21N3O3. The number of hydrogen-bond acceptors (Lipinski definition) is 2. The summed E-state index contributed by atoms with van der Waals surface area (Å²) in [7, 11) is 0. The number of rotatable bonds is 4. The highest BCUT2D eigenvalue weighted by molar-refractivity contribution is 5.86. The fraction of sp³-hybridized carbons (Fsp3) is 0.238. The molecule has 6 nitrogen and oxygen atoms in total. The number of fused-ring (bicyclic) bond motifs is 3. The largest absolute Gasteiger partial charge is 0.480 e. The molecule has 0 bridgehead atoms. The van der Waals surface area contributed by atoms with Crippen molar-refractivity contribution < 1.29 is 14.7 Å². The topological polar surface area (TPSA) is 85.4 Å². The van der Waals surface area contributed by atoms with Crippen molar-refractivity contribution in [2.75, 3.05) is 6.54 Å². The van der Waals surface area contributed by atoms with Crippen molar-refractivity contribution in [1.82, 2.24) is 15.2 Å². The van der Waals surface area contributed by atoms with Crippen molar-refractivity contribution in [3.63, 3.8) is 0 Å². The molecule has 1 aliphatic rings. The van der Waals surface area contributed by atoms with Gasteiger partial charge in [-0.25, -0.2) is 9.59 Å². The summed E-state index contributed by atoms with van der Waals surface area (Å²) >= 11 is 0. The standard InChI is InChI=1S/C21H21N3O3/c25-20(26)18(12-14-6-2-1-3-7-14)23-21(27)24-11-10-16-15-8-4-5-9-17(15)22-19(16)13-24/h1-9,18,22H,10-13H2,(H,23,27)(H,25,26). The zero-order chi connectivity index (χ0) is 18.8. The highest BCUT2D eigenvalue weighted by atomic mass is 16.4. The molecule has 0 fully saturated rings. The second-order valence-corrected chi connectivity index (χ2v) is 6.83. The predicted molar refractivity (Wildman–Crippen MR) is 103 cm³/mol. The van der Waals surface area contributed by atoms with Gasteiger partial charge in [0.2, 0.25) is 0 Å². The monoisotopic (exact) mass is 363 g/mol. The summed E-state index contributed by atoms with van der Waals surface area (Å²) < 4.78 is 0. The summed E-state index contributed by atoms with van der Waals surface area (Å²) in [6.07, 6.45) is 1.01. The first kappa shape index (κ1) is 17.1. The highest BCUT2D eigenvalue weighted by Gasteiger charge is 2.27. The minimum absolute atomic E-state index is 0.257. The fourth-order valence-electron chi connectivity index (χ4n) is 3.66. The maximum Gasteiger partial charge on any atom is 0.326 e. The second-order valence-electron chi connectivity index (χ2n) is 6.83. The number of aromatic nitrogens is 1. The van der Waals surface area contributed by atoms with Crippen molar-refractivity contribution in [3.05, 3.63) is 71.4 Å². The van der Waals surface area contributed by atoms with E-state index < -0.39 is 12.0 Å². The van der Waals surface area contributed by atoms with Gasteiger partial charge < -0.3 is 20.3 Å². The predicted octanol–water partition coefficient (Wildman–Crippen LogP) is 2.93. The Bertz CT molecular complexity index is 981. The van der Waals surface area contributed by atoms with Crippen molar-refractivity contribution in [3.8, 4) is 0 Å². The van der Waals surface area contributed by atoms with Crippen molar-refractivity contribution in [2.24, 2.45) is 0 Å². The average Bonchev–Trinajstić information content (AvgIpc) is 3.06. The molecule has 0 aliphatic carbocycles. The number of benzene rings is 2. The molecule has 1 unspecified atom stereocenters. The molecule has 0 saturated carbocycles. The van der Waals surface area contributed by atoms with Crippen LogP contribution in [0.5, 0.6) is 0 Å². The lowest BCUT2D eigenvalue weighted by Gasteiger charge is -2.28. The molecular weight excluding hydrogens is 342 g/mol. The van der Waals surface area contributed by atoms with Gasteiger partial charge in [-0.1, -0.05) is 48.5 Å². The number of carbonyl (C=O) groups excluding carboxylic acids is 1. The van der Waals surface area contributed by atoms with Gasteiger partial charge in [0.15, 0.2) is 0 Å². The number of nitrogens with zero attached hydrogens (tertiary/aromatic N) is 1. The average molecular weight is 363 g/mol. The van der Waals surface area contributed by atoms with Gasteiger partial charge in [0, 0.05) is 29.6 Å². The Morgan fingerprint density at radius 3 is 2.63 bits per heavy atom. The van der Waals surface area contributed by atoms with E-state index in [2.05, 4.69) is 16.4 Å². The van der Waals surface area contributed by atoms with Crippen LogP contribution in [-0.4, -0.2) is 39.6 Å². The Morgan fingerprint density at radius 2 is 1.85 bits per heavy atom. The third-order valence-electron chi connectivity index (χ3n) is 5.05. The van der Waals surface area contributed by atoms with E-state index >= 15 is 0 Å². The molecule has 3 N–H and O–H groups in total. The molecule has 2 aromatic carbocycles. The molecule has 1 atom stereocenters. The van der Waals surface area contributed by atoms with E-state index in [1.165, 1.54) is 10.9 Å². The number of nitrogens with one attached hydrogen (secondary N) is 2. The van der Waals surface area contributed by atoms with Crippen LogP contribution in [0.25, 0.3) is 10.9 Å². The SMILES string of the molecule is O=C(O)C(Cc1ccccc1)NC(=O)N1CCc2c([nH]c3ccccc23)C1. The number of aliphatic carboxylic acids is 1. The summed E-state index contributed by atoms with van der Waals surface area (Å²) in [4.78, 5) is 29.3. The smallest absolute Gasteiger partial charge is 0.326 e. The van der Waals surface area contributed by atoms with Gasteiger partial charge in [0.1, 0.15) is 6.04 Å². The number of aromatic amines is 1. The lowest BCUT2D eigenvalue weighted by atomic mass is 10.0. The van der Waals surface area contributed by atoms with Gasteiger partial charge in [-0.05, 0) is 23.6 Å². The van der Waals surface area contributed by atoms with Crippen LogP contribution in [0.15, 0.2) is 54.6 Å². The number of urea groups is 1. The van der Waals surface area contributed by atoms with Crippen LogP contribution in [0.2, 0.25) is 0 Å². The quantitative estimate of drug-likeness (QED) is 0.666. The number of carboxylic acid groups (broad SMARTS) is 1. The first-order valence-corrected chi connectivity index (χ1v) is 9.02. The molecule has 1 aliphatic heterocycles. The molecule has 2 heterocycles. The third-order valence-corrected chi connectivity index (χ3v) is 5.05. The highest BCUT2D eigenvalue weighted by Crippen LogP contribution is 2.27. The molecule has 138 valence electrons. The first-order valence-electron chi connectivity index (χ1n) is 9.02. The number of amides is 2. The molecule has 0 saturated heterocycles. The lowest BCUT2D eigenvalue weighted by Crippen LogP contribution is -2.50. The van der Waals surface area contributed by atoms with Gasteiger partial charge in [0.25, 0.3) is 0 Å². The molecule has 0 radical (unpaired) electrons. The summed E-state index contributed by atoms with van der Waals surface area (Å²) in [6, 6.07) is 16.1. The molecule has 27 heavy (non-hydrogen) atoms. The van der Waals surface area contributed by atoms with Crippen molar-refractivity contribution in [1.29, 1.82) is 0 Å². The van der Waals surface area contributed by atoms with Crippen molar-refractivity contribution in [2.45, 2.75) is 25.4 Å². The van der Waals surface area contributed by atoms with Crippen LogP contribution in [0.4, 0.5) is 4.79 Å². The Balaban J connectivity index is 1.47. The molecule has 1 aromatic heterocycles. The van der Waals surface area contributed by atoms with Crippen LogP contribution < -0.4 is 5.32 Å². The van der Waals surface area contributed by atoms with Crippen LogP contribution in [0.1, 0.15) is 16.8 Å². The molecule has 0 spiro atoms. The van der Waals surface area contributed by atoms with Gasteiger partial charge in [0.05, 0.1) is 6.54 Å². The second kappa shape index (κ2) is 7.15. The number of H-pyrrole nitrogens is 1. The van der Waals surface area contributed by atoms with Gasteiger partial charge >= 0.3 is 12.0 Å². The van der Waals surface area contributed by atoms with E-state index in [0.29, 0.717) is 13.1 Å². The molecule has 2 amide bonds. The van der Waals surface area contributed by atoms with Crippen LogP contribution in [0, 0.1) is 0 Å². The number of hydrogen-bond donors (Lipinski definition) is 3. The normalized spacial score (nSPS) is 14.6. The number of para-hydroxylation sites is 1. The summed E-state index contributed by atoms with van der Waals surface area (Å²) in [6.45, 7) is 1.02. The number of carbonyl (C=O) groups is 2. The maximum absolute atomic E-state index is 12.7. The zero-order valence-electron chi connectivity index (χ0n) is 14.8. The van der Waals surface area contributed by atoms with E-state index in [-0.39, 0.29) is 12.5 Å².